The Bertz CT molecular complexity index is 691. The predicted molar refractivity (Wildman–Crippen MR) is 107 cm³/mol. The van der Waals surface area contributed by atoms with E-state index >= 15 is 0 Å². The van der Waals surface area contributed by atoms with E-state index < -0.39 is 5.60 Å². The van der Waals surface area contributed by atoms with E-state index in [1.54, 1.807) is 0 Å². The van der Waals surface area contributed by atoms with Gasteiger partial charge >= 0.3 is 5.97 Å². The number of benzene rings is 1. The fourth-order valence-corrected chi connectivity index (χ4v) is 4.15. The number of nitrogens with zero attached hydrogens (tertiary/aromatic N) is 1. The van der Waals surface area contributed by atoms with E-state index in [1.165, 1.54) is 11.8 Å². The van der Waals surface area contributed by atoms with Gasteiger partial charge in [0.15, 0.2) is 0 Å². The Morgan fingerprint density at radius 1 is 1.38 bits per heavy atom. The van der Waals surface area contributed by atoms with Gasteiger partial charge in [-0.05, 0) is 74.4 Å². The quantitative estimate of drug-likeness (QED) is 0.372. The molecule has 0 spiro atoms. The Morgan fingerprint density at radius 3 is 2.50 bits per heavy atom. The second-order valence-electron chi connectivity index (χ2n) is 6.44. The van der Waals surface area contributed by atoms with Gasteiger partial charge in [0, 0.05) is 10.7 Å². The summed E-state index contributed by atoms with van der Waals surface area (Å²) in [6.07, 6.45) is 0.567. The fourth-order valence-electron chi connectivity index (χ4n) is 2.04. The second kappa shape index (κ2) is 8.10. The summed E-state index contributed by atoms with van der Waals surface area (Å²) < 4.78 is 6.47. The minimum absolute atomic E-state index is 0.223. The van der Waals surface area contributed by atoms with Gasteiger partial charge < -0.3 is 4.74 Å². The molecule has 1 unspecified atom stereocenters. The first kappa shape index (κ1) is 19.6. The first-order valence-electron chi connectivity index (χ1n) is 7.50. The maximum atomic E-state index is 12.7. The highest BCUT2D eigenvalue weighted by Crippen LogP contribution is 2.33. The van der Waals surface area contributed by atoms with Crippen molar-refractivity contribution in [2.75, 3.05) is 0 Å². The number of carbonyl (C=O) groups excluding carboxylic acids is 1. The lowest BCUT2D eigenvalue weighted by Crippen LogP contribution is -2.31. The van der Waals surface area contributed by atoms with Crippen molar-refractivity contribution in [1.29, 1.82) is 0 Å². The Kier molecular flexibility index (Phi) is 6.61. The Balaban J connectivity index is 2.23. The number of esters is 1. The van der Waals surface area contributed by atoms with Gasteiger partial charge in [0.1, 0.15) is 14.6 Å². The molecule has 1 aromatic carbocycles. The molecule has 2 aromatic rings. The number of nitrogens with one attached hydrogen (secondary N) is 1. The third kappa shape index (κ3) is 5.67. The van der Waals surface area contributed by atoms with E-state index in [0.29, 0.717) is 11.4 Å². The summed E-state index contributed by atoms with van der Waals surface area (Å²) in [5.74, 6) is -0.223. The van der Waals surface area contributed by atoms with Gasteiger partial charge in [0.05, 0.1) is 4.90 Å². The molecule has 24 heavy (non-hydrogen) atoms. The molecule has 4 nitrogen and oxygen atoms in total. The molecule has 0 saturated heterocycles. The fraction of sp³-hybridized carbons (Fsp3) is 0.412. The van der Waals surface area contributed by atoms with Crippen LogP contribution in [0.3, 0.4) is 0 Å². The lowest BCUT2D eigenvalue weighted by molar-refractivity contribution is -0.154. The first-order chi connectivity index (χ1) is 11.2. The van der Waals surface area contributed by atoms with Gasteiger partial charge in [0.25, 0.3) is 0 Å². The van der Waals surface area contributed by atoms with Crippen LogP contribution in [0.25, 0.3) is 0 Å². The standard InChI is InChI=1S/C17H20ClIN2O2S/c1-10-14(15(19)21-20-10)24-13(16(22)23-17(2,3)4)9-11-5-7-12(18)8-6-11/h5-8,13H,9H2,1-4H3,(H,20,21). The number of carbonyl (C=O) groups is 1. The minimum atomic E-state index is -0.519. The summed E-state index contributed by atoms with van der Waals surface area (Å²) in [5.41, 5.74) is 1.47. The first-order valence-corrected chi connectivity index (χ1v) is 9.84. The highest BCUT2D eigenvalue weighted by atomic mass is 127. The molecule has 1 N–H and O–H groups in total. The molecule has 1 aromatic heterocycles. The van der Waals surface area contributed by atoms with Crippen LogP contribution in [0.15, 0.2) is 29.2 Å². The van der Waals surface area contributed by atoms with E-state index in [1.807, 2.05) is 52.0 Å². The van der Waals surface area contributed by atoms with E-state index in [0.717, 1.165) is 19.9 Å². The number of hydrogen-bond donors (Lipinski definition) is 1. The molecule has 0 bridgehead atoms. The molecule has 0 saturated carbocycles. The Hall–Kier alpha value is -0.730. The lowest BCUT2D eigenvalue weighted by atomic mass is 10.1. The molecule has 0 fully saturated rings. The predicted octanol–water partition coefficient (Wildman–Crippen LogP) is 5.02. The number of rotatable bonds is 5. The van der Waals surface area contributed by atoms with Crippen molar-refractivity contribution >= 4 is 51.9 Å². The van der Waals surface area contributed by atoms with Crippen LogP contribution < -0.4 is 0 Å². The number of ether oxygens (including phenoxy) is 1. The molecular formula is C17H20ClIN2O2S. The van der Waals surface area contributed by atoms with Crippen molar-refractivity contribution in [2.24, 2.45) is 0 Å². The van der Waals surface area contributed by atoms with Crippen LogP contribution in [-0.4, -0.2) is 27.0 Å². The van der Waals surface area contributed by atoms with Gasteiger partial charge in [0.2, 0.25) is 0 Å². The average Bonchev–Trinajstić information content (AvgIpc) is 2.78. The van der Waals surface area contributed by atoms with Crippen LogP contribution in [0.1, 0.15) is 32.0 Å². The van der Waals surface area contributed by atoms with Gasteiger partial charge in [-0.25, -0.2) is 0 Å². The Morgan fingerprint density at radius 2 is 2.00 bits per heavy atom. The summed E-state index contributed by atoms with van der Waals surface area (Å²) in [6, 6.07) is 7.54. The SMILES string of the molecule is Cc1[nH]nc(I)c1SC(Cc1ccc(Cl)cc1)C(=O)OC(C)(C)C. The third-order valence-corrected chi connectivity index (χ3v) is 5.89. The van der Waals surface area contributed by atoms with Crippen LogP contribution in [-0.2, 0) is 16.0 Å². The van der Waals surface area contributed by atoms with Crippen molar-refractivity contribution in [1.82, 2.24) is 10.2 Å². The van der Waals surface area contributed by atoms with Gasteiger partial charge in [-0.3, -0.25) is 9.89 Å². The van der Waals surface area contributed by atoms with Gasteiger partial charge in [-0.1, -0.05) is 23.7 Å². The smallest absolute Gasteiger partial charge is 0.320 e. The molecule has 130 valence electrons. The number of aromatic amines is 1. The van der Waals surface area contributed by atoms with Crippen molar-refractivity contribution in [3.8, 4) is 0 Å². The average molecular weight is 479 g/mol. The summed E-state index contributed by atoms with van der Waals surface area (Å²) in [4.78, 5) is 13.7. The number of halogens is 2. The van der Waals surface area contributed by atoms with Crippen molar-refractivity contribution in [3.63, 3.8) is 0 Å². The topological polar surface area (TPSA) is 55.0 Å². The Labute approximate surface area is 165 Å². The molecule has 0 aliphatic carbocycles. The molecule has 2 rings (SSSR count). The number of H-pyrrole nitrogens is 1. The molecule has 1 atom stereocenters. The molecule has 0 radical (unpaired) electrons. The largest absolute Gasteiger partial charge is 0.459 e. The van der Waals surface area contributed by atoms with Crippen LogP contribution in [0.5, 0.6) is 0 Å². The summed E-state index contributed by atoms with van der Waals surface area (Å²) in [7, 11) is 0. The zero-order valence-corrected chi connectivity index (χ0v) is 17.8. The van der Waals surface area contributed by atoms with E-state index in [2.05, 4.69) is 32.8 Å². The second-order valence-corrected chi connectivity index (χ2v) is 9.11. The van der Waals surface area contributed by atoms with Crippen LogP contribution in [0, 0.1) is 10.6 Å². The third-order valence-electron chi connectivity index (χ3n) is 3.11. The lowest BCUT2D eigenvalue weighted by Gasteiger charge is -2.24. The van der Waals surface area contributed by atoms with Gasteiger partial charge in [-0.2, -0.15) is 5.10 Å². The molecule has 1 heterocycles. The van der Waals surface area contributed by atoms with Crippen molar-refractivity contribution in [3.05, 3.63) is 44.2 Å². The van der Waals surface area contributed by atoms with Crippen LogP contribution in [0.2, 0.25) is 5.02 Å². The van der Waals surface area contributed by atoms with Crippen molar-refractivity contribution < 1.29 is 9.53 Å². The molecule has 7 heteroatoms. The van der Waals surface area contributed by atoms with Crippen LogP contribution in [0.4, 0.5) is 0 Å². The van der Waals surface area contributed by atoms with E-state index in [9.17, 15) is 4.79 Å². The van der Waals surface area contributed by atoms with Crippen LogP contribution >= 0.6 is 46.0 Å². The highest BCUT2D eigenvalue weighted by Gasteiger charge is 2.28. The normalized spacial score (nSPS) is 12.9. The number of aryl methyl sites for hydroxylation is 1. The van der Waals surface area contributed by atoms with E-state index in [4.69, 9.17) is 16.3 Å². The minimum Gasteiger partial charge on any atom is -0.459 e. The summed E-state index contributed by atoms with van der Waals surface area (Å²) >= 11 is 9.60. The number of hydrogen-bond acceptors (Lipinski definition) is 4. The number of thioether (sulfide) groups is 1. The maximum Gasteiger partial charge on any atom is 0.320 e. The summed E-state index contributed by atoms with van der Waals surface area (Å²) in [5, 5.41) is 7.48. The van der Waals surface area contributed by atoms with Crippen molar-refractivity contribution in [2.45, 2.75) is 49.9 Å². The van der Waals surface area contributed by atoms with Gasteiger partial charge in [-0.15, -0.1) is 11.8 Å². The van der Waals surface area contributed by atoms with E-state index in [-0.39, 0.29) is 11.2 Å². The zero-order valence-electron chi connectivity index (χ0n) is 14.0. The number of aromatic nitrogens is 2. The summed E-state index contributed by atoms with van der Waals surface area (Å²) in [6.45, 7) is 7.58. The maximum absolute atomic E-state index is 12.7. The molecule has 0 amide bonds. The monoisotopic (exact) mass is 478 g/mol. The zero-order chi connectivity index (χ0) is 17.9. The highest BCUT2D eigenvalue weighted by molar-refractivity contribution is 14.1. The molecular weight excluding hydrogens is 459 g/mol. The molecule has 0 aliphatic rings. The molecule has 0 aliphatic heterocycles.